The van der Waals surface area contributed by atoms with Crippen molar-refractivity contribution in [3.8, 4) is 0 Å². The fourth-order valence-corrected chi connectivity index (χ4v) is 4.15. The highest BCUT2D eigenvalue weighted by Crippen LogP contribution is 2.26. The van der Waals surface area contributed by atoms with Crippen molar-refractivity contribution in [1.82, 2.24) is 19.6 Å². The van der Waals surface area contributed by atoms with E-state index in [1.165, 1.54) is 11.3 Å². The van der Waals surface area contributed by atoms with Gasteiger partial charge < -0.3 is 4.90 Å². The van der Waals surface area contributed by atoms with E-state index in [1.54, 1.807) is 0 Å². The average Bonchev–Trinajstić information content (AvgIpc) is 3.21. The van der Waals surface area contributed by atoms with Crippen molar-refractivity contribution in [2.75, 3.05) is 19.6 Å². The van der Waals surface area contributed by atoms with Gasteiger partial charge in [-0.3, -0.25) is 14.4 Å². The van der Waals surface area contributed by atoms with Gasteiger partial charge in [0.1, 0.15) is 0 Å². The van der Waals surface area contributed by atoms with Crippen molar-refractivity contribution >= 4 is 17.5 Å². The first-order chi connectivity index (χ1) is 12.2. The number of carbonyl (C=O) groups is 1. The second-order valence-corrected chi connectivity index (χ2v) is 7.43. The van der Waals surface area contributed by atoms with Crippen molar-refractivity contribution < 1.29 is 4.79 Å². The molecular weight excluding hydrogens is 336 g/mol. The summed E-state index contributed by atoms with van der Waals surface area (Å²) in [5.41, 5.74) is 2.47. The molecule has 2 aliphatic heterocycles. The molecule has 0 N–H and O–H groups in total. The highest BCUT2D eigenvalue weighted by molar-refractivity contribution is 6.30. The summed E-state index contributed by atoms with van der Waals surface area (Å²) in [6, 6.07) is 10.5. The van der Waals surface area contributed by atoms with Gasteiger partial charge in [-0.1, -0.05) is 23.7 Å². The number of hydrogen-bond donors (Lipinski definition) is 0. The Balaban J connectivity index is 1.44. The Morgan fingerprint density at radius 1 is 1.28 bits per heavy atom. The third-order valence-electron chi connectivity index (χ3n) is 5.15. The molecule has 0 radical (unpaired) electrons. The molecular formula is C19H23ClN4O. The van der Waals surface area contributed by atoms with Crippen LogP contribution in [0.2, 0.25) is 5.02 Å². The second-order valence-electron chi connectivity index (χ2n) is 6.99. The number of fused-ring (bicyclic) bond motifs is 1. The highest BCUT2D eigenvalue weighted by Gasteiger charge is 2.27. The van der Waals surface area contributed by atoms with Gasteiger partial charge >= 0.3 is 0 Å². The molecule has 3 heterocycles. The number of benzene rings is 1. The molecule has 1 fully saturated rings. The Labute approximate surface area is 153 Å². The first kappa shape index (κ1) is 16.6. The van der Waals surface area contributed by atoms with Crippen molar-refractivity contribution in [1.29, 1.82) is 0 Å². The first-order valence-electron chi connectivity index (χ1n) is 8.96. The minimum absolute atomic E-state index is 0.298. The van der Waals surface area contributed by atoms with Gasteiger partial charge in [-0.25, -0.2) is 0 Å². The predicted octanol–water partition coefficient (Wildman–Crippen LogP) is 3.11. The molecule has 1 aromatic heterocycles. The maximum absolute atomic E-state index is 11.9. The molecule has 6 heteroatoms. The van der Waals surface area contributed by atoms with Gasteiger partial charge in [0.25, 0.3) is 0 Å². The molecule has 0 unspecified atom stereocenters. The SMILES string of the molecule is O=C1CCCN1CC[C@@H]1CN(Cc2cccc(Cl)c2)Cc2ccnn21. The summed E-state index contributed by atoms with van der Waals surface area (Å²) in [6.07, 6.45) is 4.54. The molecule has 1 amide bonds. The largest absolute Gasteiger partial charge is 0.343 e. The van der Waals surface area contributed by atoms with E-state index in [0.717, 1.165) is 50.6 Å². The number of halogens is 1. The lowest BCUT2D eigenvalue weighted by Gasteiger charge is -2.34. The standard InChI is InChI=1S/C19H23ClN4O/c20-16-4-1-3-15(11-16)12-22-13-17-6-8-21-24(17)18(14-22)7-10-23-9-2-5-19(23)25/h1,3-4,6,8,11,18H,2,5,7,9-10,12-14H2/t18-/m1/s1. The smallest absolute Gasteiger partial charge is 0.222 e. The van der Waals surface area contributed by atoms with Gasteiger partial charge in [-0.2, -0.15) is 5.10 Å². The van der Waals surface area contributed by atoms with Crippen LogP contribution in [-0.2, 0) is 17.9 Å². The van der Waals surface area contributed by atoms with Gasteiger partial charge in [-0.05, 0) is 36.6 Å². The van der Waals surface area contributed by atoms with Gasteiger partial charge in [-0.15, -0.1) is 0 Å². The third-order valence-corrected chi connectivity index (χ3v) is 5.39. The van der Waals surface area contributed by atoms with Crippen molar-refractivity contribution in [3.63, 3.8) is 0 Å². The molecule has 2 aromatic rings. The molecule has 0 bridgehead atoms. The lowest BCUT2D eigenvalue weighted by molar-refractivity contribution is -0.127. The number of rotatable bonds is 5. The zero-order valence-electron chi connectivity index (χ0n) is 14.3. The summed E-state index contributed by atoms with van der Waals surface area (Å²) in [7, 11) is 0. The van der Waals surface area contributed by atoms with Crippen LogP contribution >= 0.6 is 11.6 Å². The Hall–Kier alpha value is -1.85. The van der Waals surface area contributed by atoms with Crippen LogP contribution in [0.5, 0.6) is 0 Å². The van der Waals surface area contributed by atoms with Crippen molar-refractivity contribution in [2.45, 2.75) is 38.4 Å². The van der Waals surface area contributed by atoms with Gasteiger partial charge in [0.15, 0.2) is 0 Å². The quantitative estimate of drug-likeness (QED) is 0.824. The fraction of sp³-hybridized carbons (Fsp3) is 0.474. The number of amides is 1. The summed E-state index contributed by atoms with van der Waals surface area (Å²) in [4.78, 5) is 16.3. The number of aromatic nitrogens is 2. The van der Waals surface area contributed by atoms with Crippen molar-refractivity contribution in [3.05, 3.63) is 52.8 Å². The van der Waals surface area contributed by atoms with Gasteiger partial charge in [0.2, 0.25) is 5.91 Å². The zero-order chi connectivity index (χ0) is 17.2. The molecule has 0 spiro atoms. The van der Waals surface area contributed by atoms with Crippen LogP contribution in [0.3, 0.4) is 0 Å². The van der Waals surface area contributed by atoms with Crippen LogP contribution in [0.15, 0.2) is 36.5 Å². The normalized spacial score (nSPS) is 20.9. The van der Waals surface area contributed by atoms with E-state index in [2.05, 4.69) is 26.8 Å². The summed E-state index contributed by atoms with van der Waals surface area (Å²) < 4.78 is 2.15. The van der Waals surface area contributed by atoms with Crippen molar-refractivity contribution in [2.24, 2.45) is 0 Å². The molecule has 25 heavy (non-hydrogen) atoms. The average molecular weight is 359 g/mol. The molecule has 0 saturated carbocycles. The summed E-state index contributed by atoms with van der Waals surface area (Å²) >= 11 is 6.12. The second kappa shape index (κ2) is 7.18. The van der Waals surface area contributed by atoms with Crippen LogP contribution in [0.25, 0.3) is 0 Å². The van der Waals surface area contributed by atoms with Gasteiger partial charge in [0, 0.05) is 50.4 Å². The summed E-state index contributed by atoms with van der Waals surface area (Å²) in [6.45, 7) is 4.46. The highest BCUT2D eigenvalue weighted by atomic mass is 35.5. The van der Waals surface area contributed by atoms with E-state index in [-0.39, 0.29) is 0 Å². The van der Waals surface area contributed by atoms with Crippen LogP contribution in [0, 0.1) is 0 Å². The molecule has 132 valence electrons. The molecule has 4 rings (SSSR count). The zero-order valence-corrected chi connectivity index (χ0v) is 15.0. The summed E-state index contributed by atoms with van der Waals surface area (Å²) in [5, 5.41) is 5.30. The lowest BCUT2D eigenvalue weighted by Crippen LogP contribution is -2.39. The Bertz CT molecular complexity index is 759. The number of hydrogen-bond acceptors (Lipinski definition) is 3. The molecule has 1 aromatic carbocycles. The Morgan fingerprint density at radius 3 is 3.00 bits per heavy atom. The van der Waals surface area contributed by atoms with E-state index >= 15 is 0 Å². The molecule has 1 saturated heterocycles. The molecule has 2 aliphatic rings. The van der Waals surface area contributed by atoms with E-state index in [9.17, 15) is 4.79 Å². The van der Waals surface area contributed by atoms with Crippen LogP contribution in [0.4, 0.5) is 0 Å². The minimum Gasteiger partial charge on any atom is -0.343 e. The molecule has 1 atom stereocenters. The lowest BCUT2D eigenvalue weighted by atomic mass is 10.1. The predicted molar refractivity (Wildman–Crippen MR) is 97.3 cm³/mol. The maximum atomic E-state index is 11.9. The van der Waals surface area contributed by atoms with E-state index in [4.69, 9.17) is 11.6 Å². The van der Waals surface area contributed by atoms with Gasteiger partial charge in [0.05, 0.1) is 11.7 Å². The van der Waals surface area contributed by atoms with Crippen LogP contribution in [-0.4, -0.2) is 45.1 Å². The minimum atomic E-state index is 0.298. The Morgan fingerprint density at radius 2 is 2.20 bits per heavy atom. The summed E-state index contributed by atoms with van der Waals surface area (Å²) in [5.74, 6) is 0.298. The molecule has 0 aliphatic carbocycles. The molecule has 5 nitrogen and oxygen atoms in total. The fourth-order valence-electron chi connectivity index (χ4n) is 3.94. The van der Waals surface area contributed by atoms with E-state index in [1.807, 2.05) is 29.3 Å². The first-order valence-corrected chi connectivity index (χ1v) is 9.34. The number of nitrogens with zero attached hydrogens (tertiary/aromatic N) is 4. The topological polar surface area (TPSA) is 41.4 Å². The monoisotopic (exact) mass is 358 g/mol. The number of likely N-dealkylation sites (tertiary alicyclic amines) is 1. The third kappa shape index (κ3) is 3.72. The van der Waals surface area contributed by atoms with Crippen LogP contribution < -0.4 is 0 Å². The Kier molecular flexibility index (Phi) is 4.77. The van der Waals surface area contributed by atoms with E-state index < -0.39 is 0 Å². The van der Waals surface area contributed by atoms with Crippen LogP contribution in [0.1, 0.15) is 36.6 Å². The maximum Gasteiger partial charge on any atom is 0.222 e. The van der Waals surface area contributed by atoms with E-state index in [0.29, 0.717) is 18.4 Å². The number of carbonyl (C=O) groups excluding carboxylic acids is 1.